The summed E-state index contributed by atoms with van der Waals surface area (Å²) in [6.45, 7) is 0.350. The Bertz CT molecular complexity index is 565. The number of carbonyl (C=O) groups excluding carboxylic acids is 1. The summed E-state index contributed by atoms with van der Waals surface area (Å²) >= 11 is 0. The molecule has 2 rings (SSSR count). The molecule has 0 bridgehead atoms. The highest BCUT2D eigenvalue weighted by Gasteiger charge is 2.26. The summed E-state index contributed by atoms with van der Waals surface area (Å²) < 4.78 is 33.3. The monoisotopic (exact) mass is 329 g/mol. The molecule has 1 heterocycles. The fourth-order valence-corrected chi connectivity index (χ4v) is 3.76. The number of hydrogen-bond acceptors (Lipinski definition) is 4. The number of nitrogens with one attached hydrogen (secondary N) is 2. The molecule has 1 fully saturated rings. The molecule has 1 aromatic heterocycles. The molecule has 22 heavy (non-hydrogen) atoms. The lowest BCUT2D eigenvalue weighted by Crippen LogP contribution is -2.46. The van der Waals surface area contributed by atoms with Crippen LogP contribution in [0.15, 0.2) is 22.8 Å². The standard InChI is InChI=1S/C14H23N3O4S/c1-17(12-6-3-2-4-7-12)22(19,20)16-10-9-15-14(18)13-8-5-11-21-13/h5,8,11-12,16H,2-4,6-7,9-10H2,1H3,(H,15,18). The number of rotatable bonds is 7. The SMILES string of the molecule is CN(C1CCCCC1)S(=O)(=O)NCCNC(=O)c1ccco1. The third kappa shape index (κ3) is 4.56. The summed E-state index contributed by atoms with van der Waals surface area (Å²) in [5, 5.41) is 2.60. The van der Waals surface area contributed by atoms with E-state index in [9.17, 15) is 13.2 Å². The van der Waals surface area contributed by atoms with Crippen molar-refractivity contribution >= 4 is 16.1 Å². The number of furan rings is 1. The minimum atomic E-state index is -3.50. The molecule has 124 valence electrons. The number of carbonyl (C=O) groups is 1. The molecule has 1 aliphatic rings. The molecule has 1 aromatic rings. The normalized spacial score (nSPS) is 16.8. The van der Waals surface area contributed by atoms with E-state index in [-0.39, 0.29) is 30.8 Å². The average molecular weight is 329 g/mol. The first-order valence-electron chi connectivity index (χ1n) is 7.55. The molecule has 1 aliphatic carbocycles. The van der Waals surface area contributed by atoms with Crippen molar-refractivity contribution < 1.29 is 17.6 Å². The van der Waals surface area contributed by atoms with Crippen LogP contribution in [0, 0.1) is 0 Å². The summed E-state index contributed by atoms with van der Waals surface area (Å²) in [6.07, 6.45) is 6.56. The van der Waals surface area contributed by atoms with Gasteiger partial charge in [0.05, 0.1) is 6.26 Å². The highest BCUT2D eigenvalue weighted by Crippen LogP contribution is 2.22. The molecule has 0 radical (unpaired) electrons. The lowest BCUT2D eigenvalue weighted by molar-refractivity contribution is 0.0926. The lowest BCUT2D eigenvalue weighted by Gasteiger charge is -2.30. The second-order valence-corrected chi connectivity index (χ2v) is 7.26. The van der Waals surface area contributed by atoms with Crippen molar-refractivity contribution in [2.45, 2.75) is 38.1 Å². The predicted octanol–water partition coefficient (Wildman–Crippen LogP) is 1.11. The first kappa shape index (κ1) is 17.0. The second kappa shape index (κ2) is 7.75. The third-order valence-corrected chi connectivity index (χ3v) is 5.53. The van der Waals surface area contributed by atoms with Crippen molar-refractivity contribution in [2.75, 3.05) is 20.1 Å². The predicted molar refractivity (Wildman–Crippen MR) is 82.6 cm³/mol. The Morgan fingerprint density at radius 1 is 1.32 bits per heavy atom. The quantitative estimate of drug-likeness (QED) is 0.733. The van der Waals surface area contributed by atoms with Gasteiger partial charge in [0.2, 0.25) is 0 Å². The van der Waals surface area contributed by atoms with Crippen molar-refractivity contribution in [1.82, 2.24) is 14.3 Å². The van der Waals surface area contributed by atoms with Crippen molar-refractivity contribution in [3.05, 3.63) is 24.2 Å². The summed E-state index contributed by atoms with van der Waals surface area (Å²) in [4.78, 5) is 11.6. The first-order chi connectivity index (χ1) is 10.5. The van der Waals surface area contributed by atoms with E-state index in [1.54, 1.807) is 19.2 Å². The van der Waals surface area contributed by atoms with Gasteiger partial charge in [-0.25, -0.2) is 4.72 Å². The molecule has 0 saturated heterocycles. The van der Waals surface area contributed by atoms with E-state index in [0.717, 1.165) is 25.7 Å². The second-order valence-electron chi connectivity index (χ2n) is 5.44. The summed E-state index contributed by atoms with van der Waals surface area (Å²) in [7, 11) is -1.89. The molecule has 0 spiro atoms. The summed E-state index contributed by atoms with van der Waals surface area (Å²) in [5.74, 6) is -0.146. The largest absolute Gasteiger partial charge is 0.459 e. The highest BCUT2D eigenvalue weighted by atomic mass is 32.2. The van der Waals surface area contributed by atoms with Gasteiger partial charge < -0.3 is 9.73 Å². The maximum Gasteiger partial charge on any atom is 0.287 e. The smallest absolute Gasteiger partial charge is 0.287 e. The Morgan fingerprint density at radius 2 is 2.05 bits per heavy atom. The molecule has 8 heteroatoms. The van der Waals surface area contributed by atoms with Crippen molar-refractivity contribution in [1.29, 1.82) is 0 Å². The first-order valence-corrected chi connectivity index (χ1v) is 8.99. The number of amides is 1. The van der Waals surface area contributed by atoms with Crippen LogP contribution in [0.25, 0.3) is 0 Å². The Kier molecular flexibility index (Phi) is 5.98. The van der Waals surface area contributed by atoms with Crippen molar-refractivity contribution in [3.63, 3.8) is 0 Å². The van der Waals surface area contributed by atoms with Crippen LogP contribution in [0.1, 0.15) is 42.7 Å². The van der Waals surface area contributed by atoms with E-state index in [1.165, 1.54) is 17.0 Å². The topological polar surface area (TPSA) is 91.7 Å². The summed E-state index contributed by atoms with van der Waals surface area (Å²) in [5.41, 5.74) is 0. The molecule has 1 amide bonds. The fraction of sp³-hybridized carbons (Fsp3) is 0.643. The van der Waals surface area contributed by atoms with E-state index >= 15 is 0 Å². The van der Waals surface area contributed by atoms with Gasteiger partial charge in [-0.2, -0.15) is 12.7 Å². The molecular weight excluding hydrogens is 306 g/mol. The maximum atomic E-state index is 12.2. The molecule has 2 N–H and O–H groups in total. The lowest BCUT2D eigenvalue weighted by atomic mass is 9.96. The zero-order chi connectivity index (χ0) is 16.0. The van der Waals surface area contributed by atoms with Crippen LogP contribution in [0.5, 0.6) is 0 Å². The van der Waals surface area contributed by atoms with Crippen LogP contribution in [-0.2, 0) is 10.2 Å². The molecule has 7 nitrogen and oxygen atoms in total. The van der Waals surface area contributed by atoms with Crippen molar-refractivity contribution in [2.24, 2.45) is 0 Å². The van der Waals surface area contributed by atoms with Crippen LogP contribution in [0.2, 0.25) is 0 Å². The fourth-order valence-electron chi connectivity index (χ4n) is 2.59. The third-order valence-electron chi connectivity index (χ3n) is 3.91. The van der Waals surface area contributed by atoms with Gasteiger partial charge >= 0.3 is 0 Å². The van der Waals surface area contributed by atoms with E-state index in [4.69, 9.17) is 4.42 Å². The molecule has 1 saturated carbocycles. The molecule has 0 aliphatic heterocycles. The minimum absolute atomic E-state index is 0.0731. The van der Waals surface area contributed by atoms with Gasteiger partial charge in [-0.15, -0.1) is 0 Å². The van der Waals surface area contributed by atoms with Gasteiger partial charge in [0.25, 0.3) is 16.1 Å². The van der Waals surface area contributed by atoms with Crippen molar-refractivity contribution in [3.8, 4) is 0 Å². The van der Waals surface area contributed by atoms with E-state index < -0.39 is 10.2 Å². The van der Waals surface area contributed by atoms with Crippen LogP contribution in [0.4, 0.5) is 0 Å². The Hall–Kier alpha value is -1.38. The maximum absolute atomic E-state index is 12.2. The van der Waals surface area contributed by atoms with Gasteiger partial charge in [-0.3, -0.25) is 4.79 Å². The van der Waals surface area contributed by atoms with Crippen LogP contribution < -0.4 is 10.0 Å². The number of hydrogen-bond donors (Lipinski definition) is 2. The van der Waals surface area contributed by atoms with E-state index in [0.29, 0.717) is 0 Å². The average Bonchev–Trinajstić information content (AvgIpc) is 3.06. The zero-order valence-electron chi connectivity index (χ0n) is 12.7. The Labute approximate surface area is 131 Å². The van der Waals surface area contributed by atoms with Crippen LogP contribution in [-0.4, -0.2) is 44.8 Å². The van der Waals surface area contributed by atoms with E-state index in [2.05, 4.69) is 10.0 Å². The molecular formula is C14H23N3O4S. The molecule has 0 unspecified atom stereocenters. The van der Waals surface area contributed by atoms with Gasteiger partial charge in [-0.1, -0.05) is 19.3 Å². The van der Waals surface area contributed by atoms with Gasteiger partial charge in [0, 0.05) is 26.2 Å². The minimum Gasteiger partial charge on any atom is -0.459 e. The van der Waals surface area contributed by atoms with E-state index in [1.807, 2.05) is 0 Å². The highest BCUT2D eigenvalue weighted by molar-refractivity contribution is 7.87. The molecule has 0 aromatic carbocycles. The van der Waals surface area contributed by atoms with Gasteiger partial charge in [0.1, 0.15) is 0 Å². The van der Waals surface area contributed by atoms with Crippen LogP contribution >= 0.6 is 0 Å². The van der Waals surface area contributed by atoms with Crippen LogP contribution in [0.3, 0.4) is 0 Å². The molecule has 0 atom stereocenters. The van der Waals surface area contributed by atoms with Gasteiger partial charge in [-0.05, 0) is 25.0 Å². The Balaban J connectivity index is 1.74. The zero-order valence-corrected chi connectivity index (χ0v) is 13.6. The number of nitrogens with zero attached hydrogens (tertiary/aromatic N) is 1. The summed E-state index contributed by atoms with van der Waals surface area (Å²) in [6, 6.07) is 3.25. The Morgan fingerprint density at radius 3 is 2.68 bits per heavy atom. The van der Waals surface area contributed by atoms with Gasteiger partial charge in [0.15, 0.2) is 5.76 Å².